The van der Waals surface area contributed by atoms with Crippen molar-refractivity contribution >= 4 is 11.0 Å². The molecule has 0 amide bonds. The van der Waals surface area contributed by atoms with E-state index in [9.17, 15) is 4.79 Å². The molecule has 1 aliphatic rings. The zero-order valence-electron chi connectivity index (χ0n) is 19.5. The van der Waals surface area contributed by atoms with Crippen molar-refractivity contribution in [3.05, 3.63) is 59.1 Å². The Morgan fingerprint density at radius 1 is 1.09 bits per heavy atom. The maximum Gasteiger partial charge on any atom is 0.328 e. The highest BCUT2D eigenvalue weighted by Crippen LogP contribution is 2.37. The first-order chi connectivity index (χ1) is 16.6. The highest BCUT2D eigenvalue weighted by atomic mass is 16.5. The van der Waals surface area contributed by atoms with Crippen molar-refractivity contribution in [2.75, 3.05) is 20.3 Å². The highest BCUT2D eigenvalue weighted by molar-refractivity contribution is 5.77. The van der Waals surface area contributed by atoms with Crippen LogP contribution < -0.4 is 10.4 Å². The topological polar surface area (TPSA) is 97.2 Å². The van der Waals surface area contributed by atoms with Gasteiger partial charge >= 0.3 is 5.69 Å². The first kappa shape index (κ1) is 22.3. The summed E-state index contributed by atoms with van der Waals surface area (Å²) in [4.78, 5) is 17.1. The number of imidazole rings is 1. The maximum absolute atomic E-state index is 13.0. The van der Waals surface area contributed by atoms with E-state index in [1.54, 1.807) is 24.1 Å². The first-order valence-electron chi connectivity index (χ1n) is 11.7. The van der Waals surface area contributed by atoms with Crippen molar-refractivity contribution in [2.45, 2.75) is 38.1 Å². The third-order valence-electron chi connectivity index (χ3n) is 6.66. The molecule has 5 rings (SSSR count). The SMILES string of the molecule is COCCOc1ccc2c(c1)n(CC1CCC(c3nnc(-c4cccnc4)o3)CC1)c(=O)n2C. The molecule has 4 aromatic rings. The van der Waals surface area contributed by atoms with Crippen molar-refractivity contribution in [3.8, 4) is 17.2 Å². The molecule has 178 valence electrons. The number of pyridine rings is 1. The van der Waals surface area contributed by atoms with Crippen LogP contribution in [-0.4, -0.2) is 44.6 Å². The molecule has 3 heterocycles. The first-order valence-corrected chi connectivity index (χ1v) is 11.7. The third-order valence-corrected chi connectivity index (χ3v) is 6.66. The summed E-state index contributed by atoms with van der Waals surface area (Å²) in [6.45, 7) is 1.68. The van der Waals surface area contributed by atoms with Crippen molar-refractivity contribution in [1.29, 1.82) is 0 Å². The molecule has 0 atom stereocenters. The molecule has 9 nitrogen and oxygen atoms in total. The second-order valence-electron chi connectivity index (χ2n) is 8.85. The molecule has 0 N–H and O–H groups in total. The molecule has 0 radical (unpaired) electrons. The van der Waals surface area contributed by atoms with Crippen LogP contribution in [0.5, 0.6) is 5.75 Å². The molecule has 34 heavy (non-hydrogen) atoms. The summed E-state index contributed by atoms with van der Waals surface area (Å²) >= 11 is 0. The Labute approximate surface area is 197 Å². The van der Waals surface area contributed by atoms with E-state index in [2.05, 4.69) is 15.2 Å². The second-order valence-corrected chi connectivity index (χ2v) is 8.85. The van der Waals surface area contributed by atoms with Gasteiger partial charge in [-0.05, 0) is 55.9 Å². The summed E-state index contributed by atoms with van der Waals surface area (Å²) in [6, 6.07) is 9.57. The molecule has 0 spiro atoms. The molecular formula is C25H29N5O4. The molecule has 1 aliphatic carbocycles. The predicted molar refractivity (Wildman–Crippen MR) is 127 cm³/mol. The molecule has 0 bridgehead atoms. The van der Waals surface area contributed by atoms with Gasteiger partial charge in [0.25, 0.3) is 0 Å². The fourth-order valence-corrected chi connectivity index (χ4v) is 4.75. The van der Waals surface area contributed by atoms with Crippen LogP contribution in [0.4, 0.5) is 0 Å². The Balaban J connectivity index is 1.27. The lowest BCUT2D eigenvalue weighted by atomic mass is 9.82. The second kappa shape index (κ2) is 9.80. The van der Waals surface area contributed by atoms with Crippen LogP contribution in [0.1, 0.15) is 37.5 Å². The number of aryl methyl sites for hydroxylation is 1. The number of rotatable bonds is 8. The van der Waals surface area contributed by atoms with Crippen LogP contribution in [0, 0.1) is 5.92 Å². The van der Waals surface area contributed by atoms with Gasteiger partial charge in [-0.15, -0.1) is 10.2 Å². The van der Waals surface area contributed by atoms with Gasteiger partial charge in [0.1, 0.15) is 12.4 Å². The Kier molecular flexibility index (Phi) is 6.44. The average molecular weight is 464 g/mol. The lowest BCUT2D eigenvalue weighted by Crippen LogP contribution is -2.27. The maximum atomic E-state index is 13.0. The zero-order chi connectivity index (χ0) is 23.5. The number of hydrogen-bond donors (Lipinski definition) is 0. The lowest BCUT2D eigenvalue weighted by Gasteiger charge is -2.26. The normalized spacial score (nSPS) is 18.4. The largest absolute Gasteiger partial charge is 0.491 e. The average Bonchev–Trinajstić information content (AvgIpc) is 3.45. The summed E-state index contributed by atoms with van der Waals surface area (Å²) in [5.74, 6) is 2.61. The molecule has 1 saturated carbocycles. The lowest BCUT2D eigenvalue weighted by molar-refractivity contribution is 0.146. The monoisotopic (exact) mass is 463 g/mol. The van der Waals surface area contributed by atoms with Gasteiger partial charge in [-0.3, -0.25) is 14.1 Å². The van der Waals surface area contributed by atoms with Crippen LogP contribution >= 0.6 is 0 Å². The van der Waals surface area contributed by atoms with Crippen LogP contribution in [0.25, 0.3) is 22.5 Å². The summed E-state index contributed by atoms with van der Waals surface area (Å²) in [7, 11) is 3.47. The standard InChI is InChI=1S/C25H29N5O4/c1-29-21-10-9-20(33-13-12-32-2)14-22(21)30(25(29)31)16-17-5-7-18(8-6-17)23-27-28-24(34-23)19-4-3-11-26-15-19/h3-4,9-11,14-15,17-18H,5-8,12-13,16H2,1-2H3. The van der Waals surface area contributed by atoms with E-state index in [0.717, 1.165) is 48.0 Å². The van der Waals surface area contributed by atoms with E-state index in [4.69, 9.17) is 13.9 Å². The predicted octanol–water partition coefficient (Wildman–Crippen LogP) is 3.78. The number of aromatic nitrogens is 5. The van der Waals surface area contributed by atoms with E-state index < -0.39 is 0 Å². The van der Waals surface area contributed by atoms with Crippen molar-refractivity contribution in [2.24, 2.45) is 13.0 Å². The fraction of sp³-hybridized carbons (Fsp3) is 0.440. The quantitative estimate of drug-likeness (QED) is 0.367. The number of nitrogens with zero attached hydrogens (tertiary/aromatic N) is 5. The van der Waals surface area contributed by atoms with Gasteiger partial charge < -0.3 is 13.9 Å². The number of methoxy groups -OCH3 is 1. The Morgan fingerprint density at radius 3 is 2.71 bits per heavy atom. The van der Waals surface area contributed by atoms with E-state index >= 15 is 0 Å². The van der Waals surface area contributed by atoms with Gasteiger partial charge in [0.15, 0.2) is 0 Å². The molecule has 0 unspecified atom stereocenters. The molecule has 1 fully saturated rings. The molecule has 9 heteroatoms. The fourth-order valence-electron chi connectivity index (χ4n) is 4.75. The zero-order valence-corrected chi connectivity index (χ0v) is 19.5. The van der Waals surface area contributed by atoms with E-state index in [1.807, 2.05) is 41.9 Å². The summed E-state index contributed by atoms with van der Waals surface area (Å²) in [6.07, 6.45) is 7.38. The summed E-state index contributed by atoms with van der Waals surface area (Å²) in [5, 5.41) is 8.51. The Bertz CT molecular complexity index is 1300. The number of fused-ring (bicyclic) bond motifs is 1. The number of hydrogen-bond acceptors (Lipinski definition) is 7. The van der Waals surface area contributed by atoms with E-state index in [1.165, 1.54) is 0 Å². The van der Waals surface area contributed by atoms with E-state index in [-0.39, 0.29) is 11.6 Å². The van der Waals surface area contributed by atoms with Crippen molar-refractivity contribution < 1.29 is 13.9 Å². The van der Waals surface area contributed by atoms with E-state index in [0.29, 0.717) is 37.5 Å². The molecule has 1 aromatic carbocycles. The minimum absolute atomic E-state index is 0.00387. The third kappa shape index (κ3) is 4.48. The van der Waals surface area contributed by atoms with Crippen molar-refractivity contribution in [1.82, 2.24) is 24.3 Å². The van der Waals surface area contributed by atoms with Gasteiger partial charge in [-0.2, -0.15) is 0 Å². The molecule has 0 saturated heterocycles. The van der Waals surface area contributed by atoms with Crippen LogP contribution in [0.2, 0.25) is 0 Å². The highest BCUT2D eigenvalue weighted by Gasteiger charge is 2.27. The molecule has 0 aliphatic heterocycles. The Morgan fingerprint density at radius 2 is 1.94 bits per heavy atom. The van der Waals surface area contributed by atoms with Gasteiger partial charge in [-0.25, -0.2) is 4.79 Å². The van der Waals surface area contributed by atoms with Crippen LogP contribution in [0.15, 0.2) is 51.9 Å². The van der Waals surface area contributed by atoms with Gasteiger partial charge in [-0.1, -0.05) is 0 Å². The smallest absolute Gasteiger partial charge is 0.328 e. The van der Waals surface area contributed by atoms with Crippen LogP contribution in [-0.2, 0) is 18.3 Å². The molecular weight excluding hydrogens is 434 g/mol. The van der Waals surface area contributed by atoms with Gasteiger partial charge in [0.2, 0.25) is 11.8 Å². The summed E-state index contributed by atoms with van der Waals surface area (Å²) < 4.78 is 20.4. The van der Waals surface area contributed by atoms with Gasteiger partial charge in [0, 0.05) is 45.1 Å². The molecule has 3 aromatic heterocycles. The van der Waals surface area contributed by atoms with Crippen LogP contribution in [0.3, 0.4) is 0 Å². The summed E-state index contributed by atoms with van der Waals surface area (Å²) in [5.41, 5.74) is 2.65. The van der Waals surface area contributed by atoms with Gasteiger partial charge in [0.05, 0.1) is 23.2 Å². The minimum Gasteiger partial charge on any atom is -0.491 e. The van der Waals surface area contributed by atoms with Crippen molar-refractivity contribution in [3.63, 3.8) is 0 Å². The Hall–Kier alpha value is -3.46. The number of ether oxygens (including phenoxy) is 2. The minimum atomic E-state index is 0.00387. The number of benzene rings is 1.